The summed E-state index contributed by atoms with van der Waals surface area (Å²) in [5.41, 5.74) is 0.606. The number of hydrogen-bond donors (Lipinski definition) is 1. The number of carbonyl (C=O) groups is 1. The summed E-state index contributed by atoms with van der Waals surface area (Å²) in [5.74, 6) is -0.422. The summed E-state index contributed by atoms with van der Waals surface area (Å²) in [7, 11) is -4.29. The van der Waals surface area contributed by atoms with E-state index in [2.05, 4.69) is 29.8 Å². The number of ether oxygens (including phenoxy) is 1. The van der Waals surface area contributed by atoms with Crippen molar-refractivity contribution in [2.45, 2.75) is 36.5 Å². The second-order valence-corrected chi connectivity index (χ2v) is 11.2. The molecular formula is C26H22BrNO5S. The van der Waals surface area contributed by atoms with Crippen LogP contribution in [0.3, 0.4) is 0 Å². The molecule has 1 spiro atoms. The highest BCUT2D eigenvalue weighted by atomic mass is 79.9. The Labute approximate surface area is 206 Å². The van der Waals surface area contributed by atoms with E-state index in [1.807, 2.05) is 24.3 Å². The molecule has 2 aliphatic heterocycles. The van der Waals surface area contributed by atoms with Gasteiger partial charge in [0.05, 0.1) is 5.69 Å². The van der Waals surface area contributed by atoms with E-state index in [0.29, 0.717) is 21.5 Å². The summed E-state index contributed by atoms with van der Waals surface area (Å²) in [5, 5.41) is 11.5. The van der Waals surface area contributed by atoms with Gasteiger partial charge in [0.15, 0.2) is 0 Å². The van der Waals surface area contributed by atoms with Gasteiger partial charge in [0.1, 0.15) is 11.0 Å². The van der Waals surface area contributed by atoms with Crippen LogP contribution in [-0.2, 0) is 19.6 Å². The Hall–Kier alpha value is -2.94. The van der Waals surface area contributed by atoms with E-state index >= 15 is 0 Å². The molecule has 0 aromatic heterocycles. The molecule has 2 atom stereocenters. The first-order valence-electron chi connectivity index (χ1n) is 10.8. The second kappa shape index (κ2) is 8.08. The van der Waals surface area contributed by atoms with Crippen LogP contribution in [0.1, 0.15) is 42.6 Å². The van der Waals surface area contributed by atoms with E-state index in [1.54, 1.807) is 42.5 Å². The fourth-order valence-electron chi connectivity index (χ4n) is 4.62. The lowest BCUT2D eigenvalue weighted by atomic mass is 9.90. The lowest BCUT2D eigenvalue weighted by Gasteiger charge is -2.38. The predicted molar refractivity (Wildman–Crippen MR) is 133 cm³/mol. The van der Waals surface area contributed by atoms with Crippen LogP contribution in [-0.4, -0.2) is 25.2 Å². The van der Waals surface area contributed by atoms with Gasteiger partial charge in [-0.2, -0.15) is 0 Å². The first kappa shape index (κ1) is 22.8. The first-order chi connectivity index (χ1) is 16.2. The van der Waals surface area contributed by atoms with Crippen LogP contribution < -0.4 is 4.31 Å². The van der Waals surface area contributed by atoms with Crippen molar-refractivity contribution in [2.24, 2.45) is 0 Å². The van der Waals surface area contributed by atoms with Crippen molar-refractivity contribution in [2.75, 3.05) is 4.31 Å². The summed E-state index contributed by atoms with van der Waals surface area (Å²) >= 11 is 3.33. The molecule has 2 heterocycles. The van der Waals surface area contributed by atoms with E-state index in [9.17, 15) is 18.3 Å². The Morgan fingerprint density at radius 2 is 1.65 bits per heavy atom. The van der Waals surface area contributed by atoms with Crippen LogP contribution in [0.2, 0.25) is 0 Å². The maximum absolute atomic E-state index is 14.1. The van der Waals surface area contributed by atoms with Gasteiger partial charge in [-0.15, -0.1) is 0 Å². The normalized spacial score (nSPS) is 21.7. The van der Waals surface area contributed by atoms with Gasteiger partial charge in [0.2, 0.25) is 0 Å². The Kier molecular flexibility index (Phi) is 5.42. The minimum absolute atomic E-state index is 0.00395. The van der Waals surface area contributed by atoms with E-state index in [-0.39, 0.29) is 16.2 Å². The molecule has 3 aromatic carbocycles. The predicted octanol–water partition coefficient (Wildman–Crippen LogP) is 5.15. The number of nitrogens with zero attached hydrogens (tertiary/aromatic N) is 1. The smallest absolute Gasteiger partial charge is 0.333 e. The minimum atomic E-state index is -4.29. The average molecular weight is 540 g/mol. The van der Waals surface area contributed by atoms with Gasteiger partial charge in [-0.1, -0.05) is 68.4 Å². The largest absolute Gasteiger partial charge is 0.427 e. The summed E-state index contributed by atoms with van der Waals surface area (Å²) in [4.78, 5) is 12.7. The van der Waals surface area contributed by atoms with Crippen LogP contribution in [0.4, 0.5) is 5.69 Å². The van der Waals surface area contributed by atoms with Crippen LogP contribution in [0, 0.1) is 0 Å². The number of hydrogen-bond acceptors (Lipinski definition) is 5. The van der Waals surface area contributed by atoms with E-state index < -0.39 is 27.8 Å². The summed E-state index contributed by atoms with van der Waals surface area (Å²) in [6, 6.07) is 20.6. The van der Waals surface area contributed by atoms with Crippen molar-refractivity contribution in [3.05, 3.63) is 100 Å². The highest BCUT2D eigenvalue weighted by Crippen LogP contribution is 2.57. The fourth-order valence-corrected chi connectivity index (χ4v) is 7.29. The molecule has 2 aliphatic rings. The number of esters is 1. The molecule has 6 nitrogen and oxygen atoms in total. The van der Waals surface area contributed by atoms with Crippen molar-refractivity contribution >= 4 is 43.2 Å². The fraction of sp³-hybridized carbons (Fsp3) is 0.192. The third-order valence-corrected chi connectivity index (χ3v) is 9.08. The van der Waals surface area contributed by atoms with Crippen molar-refractivity contribution in [1.29, 1.82) is 0 Å². The SMILES string of the molecule is CC(C)c1ccc(C2=CC(=O)O[C@]23[C@@H](O)c2ccccc2N3S(=O)(=O)c2ccccc2Br)cc1. The summed E-state index contributed by atoms with van der Waals surface area (Å²) < 4.78 is 35.4. The molecule has 0 aliphatic carbocycles. The molecule has 0 fully saturated rings. The first-order valence-corrected chi connectivity index (χ1v) is 13.0. The minimum Gasteiger partial charge on any atom is -0.427 e. The van der Waals surface area contributed by atoms with Gasteiger partial charge in [0.25, 0.3) is 15.7 Å². The molecule has 0 saturated carbocycles. The standard InChI is InChI=1S/C26H22BrNO5S/c1-16(2)17-11-13-18(14-12-17)20-15-24(29)33-26(20)25(30)19-7-3-5-9-22(19)28(26)34(31,32)23-10-6-4-8-21(23)27/h3-16,25,30H,1-2H3/t25-,26-/m0/s1. The number of para-hydroxylation sites is 1. The van der Waals surface area contributed by atoms with Crippen LogP contribution >= 0.6 is 15.9 Å². The molecule has 0 radical (unpaired) electrons. The number of carbonyl (C=O) groups excluding carboxylic acids is 1. The van der Waals surface area contributed by atoms with E-state index in [0.717, 1.165) is 9.87 Å². The topological polar surface area (TPSA) is 83.9 Å². The van der Waals surface area contributed by atoms with Crippen LogP contribution in [0.15, 0.2) is 88.2 Å². The summed E-state index contributed by atoms with van der Waals surface area (Å²) in [6.07, 6.45) is -0.161. The molecule has 0 saturated heterocycles. The molecule has 174 valence electrons. The number of aliphatic hydroxyl groups excluding tert-OH is 1. The number of halogens is 1. The zero-order valence-electron chi connectivity index (χ0n) is 18.5. The second-order valence-electron chi connectivity index (χ2n) is 8.61. The Bertz CT molecular complexity index is 1430. The maximum atomic E-state index is 14.1. The molecule has 5 rings (SSSR count). The number of fused-ring (bicyclic) bond motifs is 1. The van der Waals surface area contributed by atoms with Crippen molar-refractivity contribution in [3.8, 4) is 0 Å². The maximum Gasteiger partial charge on any atom is 0.333 e. The lowest BCUT2D eigenvalue weighted by Crippen LogP contribution is -2.53. The third kappa shape index (κ3) is 3.24. The number of anilines is 1. The number of rotatable bonds is 4. The third-order valence-electron chi connectivity index (χ3n) is 6.27. The van der Waals surface area contributed by atoms with Crippen LogP contribution in [0.5, 0.6) is 0 Å². The van der Waals surface area contributed by atoms with Gasteiger partial charge < -0.3 is 9.84 Å². The van der Waals surface area contributed by atoms with Gasteiger partial charge in [-0.05, 0) is 51.2 Å². The van der Waals surface area contributed by atoms with Gasteiger partial charge >= 0.3 is 5.97 Å². The van der Waals surface area contributed by atoms with E-state index in [1.165, 1.54) is 12.1 Å². The highest BCUT2D eigenvalue weighted by Gasteiger charge is 2.64. The molecule has 8 heteroatoms. The molecule has 0 bridgehead atoms. The van der Waals surface area contributed by atoms with Crippen LogP contribution in [0.25, 0.3) is 5.57 Å². The Balaban J connectivity index is 1.76. The zero-order chi connectivity index (χ0) is 24.3. The average Bonchev–Trinajstić information content (AvgIpc) is 3.28. The molecule has 0 amide bonds. The molecular weight excluding hydrogens is 518 g/mol. The van der Waals surface area contributed by atoms with Crippen molar-refractivity contribution in [3.63, 3.8) is 0 Å². The van der Waals surface area contributed by atoms with Gasteiger partial charge in [-0.3, -0.25) is 0 Å². The highest BCUT2D eigenvalue weighted by molar-refractivity contribution is 9.10. The number of aliphatic hydroxyl groups is 1. The monoisotopic (exact) mass is 539 g/mol. The number of benzene rings is 3. The molecule has 1 N–H and O–H groups in total. The molecule has 0 unspecified atom stereocenters. The van der Waals surface area contributed by atoms with Crippen molar-refractivity contribution < 1.29 is 23.1 Å². The Morgan fingerprint density at radius 1 is 1.00 bits per heavy atom. The van der Waals surface area contributed by atoms with Gasteiger partial charge in [0, 0.05) is 21.7 Å². The zero-order valence-corrected chi connectivity index (χ0v) is 20.9. The lowest BCUT2D eigenvalue weighted by molar-refractivity contribution is -0.151. The molecule has 34 heavy (non-hydrogen) atoms. The van der Waals surface area contributed by atoms with Gasteiger partial charge in [-0.25, -0.2) is 17.5 Å². The Morgan fingerprint density at radius 3 is 2.32 bits per heavy atom. The quantitative estimate of drug-likeness (QED) is 0.463. The summed E-state index contributed by atoms with van der Waals surface area (Å²) in [6.45, 7) is 4.14. The molecule has 3 aromatic rings. The number of sulfonamides is 1. The van der Waals surface area contributed by atoms with E-state index in [4.69, 9.17) is 4.74 Å². The van der Waals surface area contributed by atoms with Crippen molar-refractivity contribution in [1.82, 2.24) is 0 Å².